The van der Waals surface area contributed by atoms with Gasteiger partial charge in [0, 0.05) is 13.0 Å². The summed E-state index contributed by atoms with van der Waals surface area (Å²) in [5.74, 6) is -0.500. The number of halogens is 1. The molecule has 1 fully saturated rings. The van der Waals surface area contributed by atoms with E-state index in [1.807, 2.05) is 30.3 Å². The number of nitrogens with zero attached hydrogens (tertiary/aromatic N) is 1. The number of amides is 1. The highest BCUT2D eigenvalue weighted by Gasteiger charge is 2.26. The molecule has 0 radical (unpaired) electrons. The molecule has 1 saturated heterocycles. The number of methoxy groups -OCH3 is 1. The van der Waals surface area contributed by atoms with E-state index in [1.54, 1.807) is 4.90 Å². The van der Waals surface area contributed by atoms with Crippen molar-refractivity contribution in [2.24, 2.45) is 5.73 Å². The van der Waals surface area contributed by atoms with E-state index in [0.717, 1.165) is 5.56 Å². The standard InChI is InChI=1S/C16H22N2O4.ClH/c1-21-16(20)13(17)7-8-15(19)18-9-10-22-14(11-18)12-5-3-2-4-6-12;/h2-6,13-14H,7-11,17H2,1H3;1H/t13-,14?;/m0./s1. The fourth-order valence-electron chi connectivity index (χ4n) is 2.45. The summed E-state index contributed by atoms with van der Waals surface area (Å²) < 4.78 is 10.3. The van der Waals surface area contributed by atoms with Crippen LogP contribution in [0.15, 0.2) is 30.3 Å². The Morgan fingerprint density at radius 2 is 2.09 bits per heavy atom. The predicted molar refractivity (Wildman–Crippen MR) is 88.2 cm³/mol. The van der Waals surface area contributed by atoms with Gasteiger partial charge in [0.25, 0.3) is 0 Å². The lowest BCUT2D eigenvalue weighted by molar-refractivity contribution is -0.143. The quantitative estimate of drug-likeness (QED) is 0.815. The zero-order valence-electron chi connectivity index (χ0n) is 13.1. The number of hydrogen-bond donors (Lipinski definition) is 1. The van der Waals surface area contributed by atoms with Crippen LogP contribution in [0, 0.1) is 0 Å². The second-order valence-corrected chi connectivity index (χ2v) is 5.28. The van der Waals surface area contributed by atoms with Crippen LogP contribution in [0.25, 0.3) is 0 Å². The third-order valence-electron chi connectivity index (χ3n) is 3.76. The van der Waals surface area contributed by atoms with Crippen molar-refractivity contribution < 1.29 is 19.1 Å². The number of carbonyl (C=O) groups is 2. The fourth-order valence-corrected chi connectivity index (χ4v) is 2.45. The third kappa shape index (κ3) is 5.49. The van der Waals surface area contributed by atoms with Gasteiger partial charge in [-0.25, -0.2) is 0 Å². The summed E-state index contributed by atoms with van der Waals surface area (Å²) in [6.07, 6.45) is 0.421. The van der Waals surface area contributed by atoms with E-state index < -0.39 is 12.0 Å². The van der Waals surface area contributed by atoms with Crippen LogP contribution in [-0.2, 0) is 19.1 Å². The summed E-state index contributed by atoms with van der Waals surface area (Å²) >= 11 is 0. The highest BCUT2D eigenvalue weighted by molar-refractivity contribution is 5.85. The topological polar surface area (TPSA) is 81.9 Å². The minimum absolute atomic E-state index is 0. The van der Waals surface area contributed by atoms with E-state index >= 15 is 0 Å². The molecule has 6 nitrogen and oxygen atoms in total. The zero-order chi connectivity index (χ0) is 15.9. The maximum Gasteiger partial charge on any atom is 0.322 e. The Balaban J connectivity index is 0.00000264. The highest BCUT2D eigenvalue weighted by atomic mass is 35.5. The van der Waals surface area contributed by atoms with Crippen molar-refractivity contribution in [1.29, 1.82) is 0 Å². The van der Waals surface area contributed by atoms with E-state index in [4.69, 9.17) is 10.5 Å². The summed E-state index contributed by atoms with van der Waals surface area (Å²) in [7, 11) is 1.29. The molecule has 0 spiro atoms. The number of benzene rings is 1. The van der Waals surface area contributed by atoms with Gasteiger partial charge in [-0.3, -0.25) is 9.59 Å². The van der Waals surface area contributed by atoms with Crippen molar-refractivity contribution in [2.75, 3.05) is 26.8 Å². The molecule has 0 saturated carbocycles. The van der Waals surface area contributed by atoms with Gasteiger partial charge in [-0.1, -0.05) is 30.3 Å². The average molecular weight is 343 g/mol. The summed E-state index contributed by atoms with van der Waals surface area (Å²) in [6.45, 7) is 1.60. The molecule has 2 rings (SSSR count). The van der Waals surface area contributed by atoms with Crippen molar-refractivity contribution in [3.63, 3.8) is 0 Å². The van der Waals surface area contributed by atoms with Crippen LogP contribution in [-0.4, -0.2) is 49.6 Å². The van der Waals surface area contributed by atoms with Gasteiger partial charge in [-0.05, 0) is 12.0 Å². The smallest absolute Gasteiger partial charge is 0.322 e. The summed E-state index contributed by atoms with van der Waals surface area (Å²) in [4.78, 5) is 25.3. The molecule has 2 atom stereocenters. The van der Waals surface area contributed by atoms with Gasteiger partial charge in [0.2, 0.25) is 5.91 Å². The van der Waals surface area contributed by atoms with E-state index in [9.17, 15) is 9.59 Å². The van der Waals surface area contributed by atoms with Crippen molar-refractivity contribution in [1.82, 2.24) is 4.90 Å². The SMILES string of the molecule is COC(=O)[C@@H](N)CCC(=O)N1CCOC(c2ccccc2)C1.Cl. The summed E-state index contributed by atoms with van der Waals surface area (Å²) in [5, 5.41) is 0. The van der Waals surface area contributed by atoms with Crippen LogP contribution in [0.5, 0.6) is 0 Å². The van der Waals surface area contributed by atoms with Gasteiger partial charge in [0.1, 0.15) is 12.1 Å². The minimum atomic E-state index is -0.750. The Bertz CT molecular complexity index is 512. The molecule has 1 unspecified atom stereocenters. The Hall–Kier alpha value is -1.63. The molecule has 1 amide bonds. The third-order valence-corrected chi connectivity index (χ3v) is 3.76. The first-order chi connectivity index (χ1) is 10.6. The lowest BCUT2D eigenvalue weighted by Crippen LogP contribution is -2.43. The molecule has 1 aliphatic rings. The van der Waals surface area contributed by atoms with Crippen LogP contribution < -0.4 is 5.73 Å². The Kier molecular flexibility index (Phi) is 8.02. The summed E-state index contributed by atoms with van der Waals surface area (Å²) in [5.41, 5.74) is 6.72. The molecule has 7 heteroatoms. The number of rotatable bonds is 5. The van der Waals surface area contributed by atoms with Gasteiger partial charge in [-0.2, -0.15) is 0 Å². The van der Waals surface area contributed by atoms with Crippen molar-refractivity contribution in [2.45, 2.75) is 25.0 Å². The molecule has 128 valence electrons. The maximum atomic E-state index is 12.3. The fraction of sp³-hybridized carbons (Fsp3) is 0.500. The van der Waals surface area contributed by atoms with Crippen molar-refractivity contribution in [3.05, 3.63) is 35.9 Å². The molecule has 1 aliphatic heterocycles. The number of morpholine rings is 1. The lowest BCUT2D eigenvalue weighted by Gasteiger charge is -2.33. The molecule has 0 aliphatic carbocycles. The molecule has 0 aromatic heterocycles. The number of carbonyl (C=O) groups excluding carboxylic acids is 2. The van der Waals surface area contributed by atoms with Gasteiger partial charge < -0.3 is 20.1 Å². The first kappa shape index (κ1) is 19.4. The normalized spacial score (nSPS) is 18.7. The minimum Gasteiger partial charge on any atom is -0.468 e. The zero-order valence-corrected chi connectivity index (χ0v) is 14.0. The van der Waals surface area contributed by atoms with E-state index in [-0.39, 0.29) is 30.8 Å². The largest absolute Gasteiger partial charge is 0.468 e. The molecule has 23 heavy (non-hydrogen) atoms. The van der Waals surface area contributed by atoms with Crippen LogP contribution in [0.4, 0.5) is 0 Å². The maximum absolute atomic E-state index is 12.3. The Morgan fingerprint density at radius 3 is 2.74 bits per heavy atom. The van der Waals surface area contributed by atoms with Gasteiger partial charge >= 0.3 is 5.97 Å². The second kappa shape index (κ2) is 9.50. The van der Waals surface area contributed by atoms with E-state index in [1.165, 1.54) is 7.11 Å². The van der Waals surface area contributed by atoms with Gasteiger partial charge in [-0.15, -0.1) is 12.4 Å². The van der Waals surface area contributed by atoms with E-state index in [2.05, 4.69) is 4.74 Å². The molecular weight excluding hydrogens is 320 g/mol. The van der Waals surface area contributed by atoms with Gasteiger partial charge in [0.15, 0.2) is 0 Å². The summed E-state index contributed by atoms with van der Waals surface area (Å²) in [6, 6.07) is 9.09. The second-order valence-electron chi connectivity index (χ2n) is 5.28. The molecule has 1 aromatic rings. The Labute approximate surface area is 142 Å². The predicted octanol–water partition coefficient (Wildman–Crippen LogP) is 1.29. The molecule has 1 heterocycles. The highest BCUT2D eigenvalue weighted by Crippen LogP contribution is 2.22. The van der Waals surface area contributed by atoms with Crippen LogP contribution in [0.1, 0.15) is 24.5 Å². The number of nitrogens with two attached hydrogens (primary N) is 1. The van der Waals surface area contributed by atoms with Crippen LogP contribution in [0.2, 0.25) is 0 Å². The first-order valence-electron chi connectivity index (χ1n) is 7.39. The Morgan fingerprint density at radius 1 is 1.39 bits per heavy atom. The van der Waals surface area contributed by atoms with Crippen molar-refractivity contribution in [3.8, 4) is 0 Å². The molecule has 0 bridgehead atoms. The van der Waals surface area contributed by atoms with E-state index in [0.29, 0.717) is 26.1 Å². The monoisotopic (exact) mass is 342 g/mol. The first-order valence-corrected chi connectivity index (χ1v) is 7.39. The van der Waals surface area contributed by atoms with Gasteiger partial charge in [0.05, 0.1) is 20.3 Å². The molecule has 2 N–H and O–H groups in total. The number of ether oxygens (including phenoxy) is 2. The number of esters is 1. The lowest BCUT2D eigenvalue weighted by atomic mass is 10.1. The van der Waals surface area contributed by atoms with Crippen LogP contribution >= 0.6 is 12.4 Å². The molecule has 1 aromatic carbocycles. The number of hydrogen-bond acceptors (Lipinski definition) is 5. The average Bonchev–Trinajstić information content (AvgIpc) is 2.59. The molecular formula is C16H23ClN2O4. The van der Waals surface area contributed by atoms with Crippen LogP contribution in [0.3, 0.4) is 0 Å². The van der Waals surface area contributed by atoms with Crippen molar-refractivity contribution >= 4 is 24.3 Å².